The number of sulfone groups is 1. The first kappa shape index (κ1) is 25.4. The van der Waals surface area contributed by atoms with Crippen molar-refractivity contribution >= 4 is 33.1 Å². The quantitative estimate of drug-likeness (QED) is 0.539. The van der Waals surface area contributed by atoms with Crippen molar-refractivity contribution in [2.75, 3.05) is 25.1 Å². The highest BCUT2D eigenvalue weighted by molar-refractivity contribution is 7.91. The van der Waals surface area contributed by atoms with Gasteiger partial charge >= 0.3 is 6.18 Å². The highest BCUT2D eigenvalue weighted by Crippen LogP contribution is 2.49. The largest absolute Gasteiger partial charge is 0.435 e. The molecule has 1 amide bonds. The Hall–Kier alpha value is -2.73. The molecule has 0 bridgehead atoms. The molecular formula is C22H18ClF5N2O4S. The number of carbonyl (C=O) groups is 1. The minimum absolute atomic E-state index is 0.0548. The highest BCUT2D eigenvalue weighted by Gasteiger charge is 2.62. The molecule has 1 unspecified atom stereocenters. The van der Waals surface area contributed by atoms with Crippen LogP contribution in [-0.2, 0) is 30.7 Å². The maximum Gasteiger partial charge on any atom is 0.435 e. The predicted molar refractivity (Wildman–Crippen MR) is 117 cm³/mol. The molecule has 2 heterocycles. The summed E-state index contributed by atoms with van der Waals surface area (Å²) in [5.41, 5.74) is -4.82. The van der Waals surface area contributed by atoms with Gasteiger partial charge in [-0.3, -0.25) is 4.79 Å². The summed E-state index contributed by atoms with van der Waals surface area (Å²) in [6.45, 7) is -0.680. The Morgan fingerprint density at radius 2 is 1.74 bits per heavy atom. The van der Waals surface area contributed by atoms with Crippen molar-refractivity contribution < 1.29 is 40.0 Å². The fraction of sp³-hybridized carbons (Fsp3) is 0.364. The summed E-state index contributed by atoms with van der Waals surface area (Å²) in [4.78, 5) is 17.9. The SMILES string of the molecule is CS(=O)(=O)CC(=O)N1CC(F)(c2ccc(C3=NOC(c4ccc(F)c(Cl)c4)(C(F)(F)F)C3)cc2)C1. The van der Waals surface area contributed by atoms with Crippen LogP contribution in [0.5, 0.6) is 0 Å². The lowest BCUT2D eigenvalue weighted by molar-refractivity contribution is -0.275. The van der Waals surface area contributed by atoms with E-state index < -0.39 is 61.8 Å². The second kappa shape index (κ2) is 8.44. The van der Waals surface area contributed by atoms with Gasteiger partial charge in [0.15, 0.2) is 15.5 Å². The van der Waals surface area contributed by atoms with Crippen LogP contribution in [0.4, 0.5) is 22.0 Å². The Morgan fingerprint density at radius 1 is 1.14 bits per heavy atom. The van der Waals surface area contributed by atoms with Gasteiger partial charge in [-0.2, -0.15) is 13.2 Å². The summed E-state index contributed by atoms with van der Waals surface area (Å²) in [6.07, 6.45) is -4.72. The molecule has 1 atom stereocenters. The van der Waals surface area contributed by atoms with Gasteiger partial charge in [0.25, 0.3) is 5.60 Å². The number of alkyl halides is 4. The van der Waals surface area contributed by atoms with E-state index in [9.17, 15) is 30.8 Å². The van der Waals surface area contributed by atoms with E-state index in [2.05, 4.69) is 5.16 Å². The van der Waals surface area contributed by atoms with E-state index in [0.717, 1.165) is 29.4 Å². The molecule has 0 radical (unpaired) electrons. The van der Waals surface area contributed by atoms with E-state index in [1.54, 1.807) is 0 Å². The normalized spacial score (nSPS) is 21.8. The van der Waals surface area contributed by atoms with Gasteiger partial charge in [-0.15, -0.1) is 0 Å². The Balaban J connectivity index is 1.50. The summed E-state index contributed by atoms with van der Waals surface area (Å²) in [6, 6.07) is 8.05. The van der Waals surface area contributed by atoms with Crippen LogP contribution in [-0.4, -0.2) is 56.2 Å². The van der Waals surface area contributed by atoms with E-state index in [1.807, 2.05) is 0 Å². The van der Waals surface area contributed by atoms with Gasteiger partial charge in [0, 0.05) is 18.2 Å². The van der Waals surface area contributed by atoms with Crippen molar-refractivity contribution in [2.24, 2.45) is 5.16 Å². The maximum absolute atomic E-state index is 15.2. The molecule has 1 fully saturated rings. The van der Waals surface area contributed by atoms with E-state index >= 15 is 4.39 Å². The number of hydrogen-bond acceptors (Lipinski definition) is 5. The average Bonchev–Trinajstić information content (AvgIpc) is 3.19. The number of oxime groups is 1. The topological polar surface area (TPSA) is 76.0 Å². The molecule has 4 rings (SSSR count). The maximum atomic E-state index is 15.2. The summed E-state index contributed by atoms with van der Waals surface area (Å²) in [7, 11) is -3.55. The van der Waals surface area contributed by atoms with Gasteiger partial charge in [-0.25, -0.2) is 17.2 Å². The molecule has 0 N–H and O–H groups in total. The number of hydrogen-bond donors (Lipinski definition) is 0. The lowest BCUT2D eigenvalue weighted by Crippen LogP contribution is -2.59. The lowest BCUT2D eigenvalue weighted by Gasteiger charge is -2.44. The van der Waals surface area contributed by atoms with E-state index in [4.69, 9.17) is 16.4 Å². The first-order chi connectivity index (χ1) is 16.1. The van der Waals surface area contributed by atoms with Crippen LogP contribution in [0, 0.1) is 5.82 Å². The summed E-state index contributed by atoms with van der Waals surface area (Å²) in [5.74, 6) is -2.31. The van der Waals surface area contributed by atoms with Gasteiger partial charge in [-0.05, 0) is 23.3 Å². The van der Waals surface area contributed by atoms with Gasteiger partial charge in [0.1, 0.15) is 11.6 Å². The van der Waals surface area contributed by atoms with Crippen LogP contribution in [0.1, 0.15) is 23.1 Å². The molecule has 35 heavy (non-hydrogen) atoms. The molecule has 0 saturated carbocycles. The first-order valence-corrected chi connectivity index (χ1v) is 12.6. The first-order valence-electron chi connectivity index (χ1n) is 10.2. The molecule has 2 aliphatic heterocycles. The number of nitrogens with zero attached hydrogens (tertiary/aromatic N) is 2. The summed E-state index contributed by atoms with van der Waals surface area (Å²) >= 11 is 5.67. The van der Waals surface area contributed by atoms with Crippen molar-refractivity contribution in [3.63, 3.8) is 0 Å². The minimum atomic E-state index is -4.91. The molecule has 13 heteroatoms. The zero-order valence-corrected chi connectivity index (χ0v) is 19.6. The molecule has 2 aromatic rings. The van der Waals surface area contributed by atoms with Gasteiger partial charge < -0.3 is 9.74 Å². The Bertz CT molecular complexity index is 1310. The Kier molecular flexibility index (Phi) is 6.12. The number of halogens is 6. The zero-order valence-electron chi connectivity index (χ0n) is 18.1. The van der Waals surface area contributed by atoms with Crippen LogP contribution in [0.3, 0.4) is 0 Å². The third-order valence-corrected chi connectivity index (χ3v) is 6.99. The number of carbonyl (C=O) groups excluding carboxylic acids is 1. The highest BCUT2D eigenvalue weighted by atomic mass is 35.5. The molecule has 2 aliphatic rings. The zero-order chi connectivity index (χ0) is 25.8. The standard InChI is InChI=1S/C22H18ClF5N2O4S/c1-35(32,33)10-19(31)30-11-20(25,12-30)14-4-2-13(3-5-14)18-9-21(34-29-18,22(26,27)28)15-6-7-17(24)16(23)8-15/h2-8H,9-12H2,1H3. The molecule has 0 spiro atoms. The number of rotatable bonds is 5. The van der Waals surface area contributed by atoms with Crippen molar-refractivity contribution in [3.05, 3.63) is 70.0 Å². The van der Waals surface area contributed by atoms with Crippen LogP contribution in [0.2, 0.25) is 5.02 Å². The van der Waals surface area contributed by atoms with Gasteiger partial charge in [0.05, 0.1) is 23.8 Å². The Labute approximate surface area is 202 Å². The van der Waals surface area contributed by atoms with Crippen LogP contribution >= 0.6 is 11.6 Å². The monoisotopic (exact) mass is 536 g/mol. The average molecular weight is 537 g/mol. The van der Waals surface area contributed by atoms with Gasteiger partial charge in [-0.1, -0.05) is 47.1 Å². The summed E-state index contributed by atoms with van der Waals surface area (Å²) in [5, 5.41) is 3.11. The van der Waals surface area contributed by atoms with Crippen molar-refractivity contribution in [1.82, 2.24) is 4.90 Å². The summed E-state index contributed by atoms with van der Waals surface area (Å²) < 4.78 is 93.3. The molecule has 1 saturated heterocycles. The minimum Gasteiger partial charge on any atom is -0.374 e. The number of likely N-dealkylation sites (tertiary alicyclic amines) is 1. The van der Waals surface area contributed by atoms with Crippen LogP contribution < -0.4 is 0 Å². The second-order valence-electron chi connectivity index (χ2n) is 8.62. The van der Waals surface area contributed by atoms with Crippen molar-refractivity contribution in [2.45, 2.75) is 23.9 Å². The molecular weight excluding hydrogens is 519 g/mol. The van der Waals surface area contributed by atoms with E-state index in [-0.39, 0.29) is 29.9 Å². The number of amides is 1. The molecule has 0 aromatic heterocycles. The van der Waals surface area contributed by atoms with Crippen molar-refractivity contribution in [1.29, 1.82) is 0 Å². The van der Waals surface area contributed by atoms with Crippen LogP contribution in [0.25, 0.3) is 0 Å². The smallest absolute Gasteiger partial charge is 0.374 e. The van der Waals surface area contributed by atoms with Crippen LogP contribution in [0.15, 0.2) is 47.6 Å². The molecule has 2 aromatic carbocycles. The third kappa shape index (κ3) is 4.73. The molecule has 6 nitrogen and oxygen atoms in total. The fourth-order valence-corrected chi connectivity index (χ4v) is 4.81. The predicted octanol–water partition coefficient (Wildman–Crippen LogP) is 4.11. The number of benzene rings is 2. The van der Waals surface area contributed by atoms with E-state index in [0.29, 0.717) is 0 Å². The Morgan fingerprint density at radius 3 is 2.29 bits per heavy atom. The molecule has 188 valence electrons. The van der Waals surface area contributed by atoms with Gasteiger partial charge in [0.2, 0.25) is 5.91 Å². The third-order valence-electron chi connectivity index (χ3n) is 5.93. The second-order valence-corrected chi connectivity index (χ2v) is 11.2. The van der Waals surface area contributed by atoms with E-state index in [1.165, 1.54) is 24.3 Å². The lowest BCUT2D eigenvalue weighted by atomic mass is 9.85. The fourth-order valence-electron chi connectivity index (χ4n) is 4.00. The molecule has 0 aliphatic carbocycles. The van der Waals surface area contributed by atoms with Crippen molar-refractivity contribution in [3.8, 4) is 0 Å².